The van der Waals surface area contributed by atoms with Crippen LogP contribution in [-0.4, -0.2) is 24.9 Å². The molecule has 0 aliphatic carbocycles. The van der Waals surface area contributed by atoms with Crippen molar-refractivity contribution in [2.75, 3.05) is 0 Å². The summed E-state index contributed by atoms with van der Waals surface area (Å²) in [6, 6.07) is 54.0. The number of pyridine rings is 2. The lowest BCUT2D eigenvalue weighted by atomic mass is 10.00. The van der Waals surface area contributed by atoms with Crippen LogP contribution < -0.4 is 0 Å². The van der Waals surface area contributed by atoms with Gasteiger partial charge in [-0.3, -0.25) is 9.97 Å². The lowest BCUT2D eigenvalue weighted by Gasteiger charge is -2.11. The predicted octanol–water partition coefficient (Wildman–Crippen LogP) is 10.6. The molecule has 8 rings (SSSR count). The summed E-state index contributed by atoms with van der Waals surface area (Å²) in [6.07, 6.45) is 3.63. The van der Waals surface area contributed by atoms with Gasteiger partial charge in [0.05, 0.1) is 11.4 Å². The van der Waals surface area contributed by atoms with Crippen LogP contribution in [0, 0.1) is 6.92 Å². The van der Waals surface area contributed by atoms with Gasteiger partial charge in [0.15, 0.2) is 17.5 Å². The molecule has 0 saturated heterocycles. The Morgan fingerprint density at radius 2 is 0.694 bits per heavy atom. The van der Waals surface area contributed by atoms with E-state index in [0.717, 1.165) is 61.5 Å². The lowest BCUT2D eigenvalue weighted by molar-refractivity contribution is 1.07. The minimum absolute atomic E-state index is 0.623. The summed E-state index contributed by atoms with van der Waals surface area (Å²) in [7, 11) is 0. The average Bonchev–Trinajstić information content (AvgIpc) is 3.19. The van der Waals surface area contributed by atoms with E-state index in [-0.39, 0.29) is 0 Å². The highest BCUT2D eigenvalue weighted by atomic mass is 15.0. The van der Waals surface area contributed by atoms with Crippen molar-refractivity contribution in [2.24, 2.45) is 0 Å². The average molecular weight is 630 g/mol. The Morgan fingerprint density at radius 3 is 1.12 bits per heavy atom. The van der Waals surface area contributed by atoms with Gasteiger partial charge in [0.1, 0.15) is 0 Å². The minimum atomic E-state index is 0.623. The van der Waals surface area contributed by atoms with Gasteiger partial charge in [-0.1, -0.05) is 127 Å². The summed E-state index contributed by atoms with van der Waals surface area (Å²) < 4.78 is 0. The van der Waals surface area contributed by atoms with E-state index in [1.54, 1.807) is 0 Å². The summed E-state index contributed by atoms with van der Waals surface area (Å²) in [6.45, 7) is 2.08. The lowest BCUT2D eigenvalue weighted by Crippen LogP contribution is -2.00. The fourth-order valence-corrected chi connectivity index (χ4v) is 5.88. The molecule has 5 heteroatoms. The molecule has 0 unspecified atom stereocenters. The smallest absolute Gasteiger partial charge is 0.164 e. The first-order chi connectivity index (χ1) is 24.2. The standard InChI is InChI=1S/C44H31N5/c1-30-14-16-35(17-15-30)42-47-43(38-10-6-8-36(28-38)31-18-22-33(23-19-31)40-12-2-4-26-45-40)49-44(48-42)39-11-7-9-37(29-39)32-20-24-34(25-21-32)41-13-3-5-27-46-41/h2-29H,1H3. The summed E-state index contributed by atoms with van der Waals surface area (Å²) >= 11 is 0. The Balaban J connectivity index is 1.17. The Hall–Kier alpha value is -6.59. The van der Waals surface area contributed by atoms with Gasteiger partial charge in [-0.05, 0) is 65.6 Å². The molecule has 5 aromatic carbocycles. The number of rotatable bonds is 7. The molecule has 0 amide bonds. The van der Waals surface area contributed by atoms with Crippen LogP contribution in [-0.2, 0) is 0 Å². The summed E-state index contributed by atoms with van der Waals surface area (Å²) in [4.78, 5) is 24.0. The van der Waals surface area contributed by atoms with E-state index >= 15 is 0 Å². The van der Waals surface area contributed by atoms with Gasteiger partial charge in [0.2, 0.25) is 0 Å². The van der Waals surface area contributed by atoms with Crippen molar-refractivity contribution in [3.05, 3.63) is 176 Å². The molecule has 0 atom stereocenters. The molecule has 0 aliphatic rings. The van der Waals surface area contributed by atoms with E-state index in [1.807, 2.05) is 48.8 Å². The fraction of sp³-hybridized carbons (Fsp3) is 0.0227. The molecule has 3 aromatic heterocycles. The summed E-state index contributed by atoms with van der Waals surface area (Å²) in [5, 5.41) is 0. The second-order valence-corrected chi connectivity index (χ2v) is 11.9. The van der Waals surface area contributed by atoms with Crippen molar-refractivity contribution in [3.63, 3.8) is 0 Å². The molecule has 0 fully saturated rings. The van der Waals surface area contributed by atoms with E-state index in [4.69, 9.17) is 15.0 Å². The quantitative estimate of drug-likeness (QED) is 0.175. The van der Waals surface area contributed by atoms with Crippen LogP contribution >= 0.6 is 0 Å². The highest BCUT2D eigenvalue weighted by Crippen LogP contribution is 2.31. The minimum Gasteiger partial charge on any atom is -0.256 e. The van der Waals surface area contributed by atoms with Crippen molar-refractivity contribution in [3.8, 4) is 78.9 Å². The first-order valence-corrected chi connectivity index (χ1v) is 16.2. The third-order valence-corrected chi connectivity index (χ3v) is 8.54. The number of hydrogen-bond acceptors (Lipinski definition) is 5. The second kappa shape index (κ2) is 13.3. The van der Waals surface area contributed by atoms with Crippen LogP contribution in [0.5, 0.6) is 0 Å². The maximum atomic E-state index is 5.06. The Labute approximate surface area is 285 Å². The van der Waals surface area contributed by atoms with Gasteiger partial charge >= 0.3 is 0 Å². The third kappa shape index (κ3) is 6.51. The molecule has 5 nitrogen and oxygen atoms in total. The van der Waals surface area contributed by atoms with Gasteiger partial charge in [0, 0.05) is 40.2 Å². The maximum Gasteiger partial charge on any atom is 0.164 e. The molecule has 232 valence electrons. The van der Waals surface area contributed by atoms with Gasteiger partial charge in [-0.15, -0.1) is 0 Å². The van der Waals surface area contributed by atoms with Crippen LogP contribution in [0.25, 0.3) is 78.9 Å². The number of nitrogens with zero attached hydrogens (tertiary/aromatic N) is 5. The largest absolute Gasteiger partial charge is 0.256 e. The van der Waals surface area contributed by atoms with Gasteiger partial charge in [-0.2, -0.15) is 0 Å². The molecular formula is C44H31N5. The zero-order valence-electron chi connectivity index (χ0n) is 26.9. The highest BCUT2D eigenvalue weighted by molar-refractivity contribution is 5.76. The number of benzene rings is 5. The van der Waals surface area contributed by atoms with E-state index in [2.05, 4.69) is 138 Å². The Morgan fingerprint density at radius 1 is 0.306 bits per heavy atom. The molecule has 0 radical (unpaired) electrons. The summed E-state index contributed by atoms with van der Waals surface area (Å²) in [5.74, 6) is 1.88. The van der Waals surface area contributed by atoms with Crippen molar-refractivity contribution in [2.45, 2.75) is 6.92 Å². The topological polar surface area (TPSA) is 64.5 Å². The van der Waals surface area contributed by atoms with E-state index in [9.17, 15) is 0 Å². The number of hydrogen-bond donors (Lipinski definition) is 0. The molecule has 0 aliphatic heterocycles. The van der Waals surface area contributed by atoms with Crippen molar-refractivity contribution in [1.29, 1.82) is 0 Å². The maximum absolute atomic E-state index is 5.06. The normalized spacial score (nSPS) is 11.0. The molecule has 0 N–H and O–H groups in total. The Kier molecular flexibility index (Phi) is 8.06. The first kappa shape index (κ1) is 29.8. The zero-order chi connectivity index (χ0) is 33.0. The Bertz CT molecular complexity index is 2210. The molecule has 8 aromatic rings. The highest BCUT2D eigenvalue weighted by Gasteiger charge is 2.14. The SMILES string of the molecule is Cc1ccc(-c2nc(-c3cccc(-c4ccc(-c5ccccn5)cc4)c3)nc(-c3cccc(-c4ccc(-c5ccccn5)cc4)c3)n2)cc1. The molecule has 49 heavy (non-hydrogen) atoms. The van der Waals surface area contributed by atoms with E-state index in [0.29, 0.717) is 17.5 Å². The van der Waals surface area contributed by atoms with E-state index in [1.165, 1.54) is 5.56 Å². The monoisotopic (exact) mass is 629 g/mol. The number of aromatic nitrogens is 5. The van der Waals surface area contributed by atoms with Crippen molar-refractivity contribution in [1.82, 2.24) is 24.9 Å². The molecule has 3 heterocycles. The zero-order valence-corrected chi connectivity index (χ0v) is 26.9. The second-order valence-electron chi connectivity index (χ2n) is 11.9. The third-order valence-electron chi connectivity index (χ3n) is 8.54. The summed E-state index contributed by atoms with van der Waals surface area (Å²) in [5.41, 5.74) is 12.4. The van der Waals surface area contributed by atoms with E-state index < -0.39 is 0 Å². The van der Waals surface area contributed by atoms with Crippen LogP contribution in [0.2, 0.25) is 0 Å². The predicted molar refractivity (Wildman–Crippen MR) is 198 cm³/mol. The number of aryl methyl sites for hydroxylation is 1. The van der Waals surface area contributed by atoms with Crippen LogP contribution in [0.3, 0.4) is 0 Å². The molecular weight excluding hydrogens is 599 g/mol. The first-order valence-electron chi connectivity index (χ1n) is 16.2. The van der Waals surface area contributed by atoms with Crippen LogP contribution in [0.1, 0.15) is 5.56 Å². The van der Waals surface area contributed by atoms with Crippen LogP contribution in [0.4, 0.5) is 0 Å². The van der Waals surface area contributed by atoms with Crippen LogP contribution in [0.15, 0.2) is 170 Å². The van der Waals surface area contributed by atoms with Gasteiger partial charge in [0.25, 0.3) is 0 Å². The molecule has 0 bridgehead atoms. The molecule has 0 spiro atoms. The fourth-order valence-electron chi connectivity index (χ4n) is 5.88. The van der Waals surface area contributed by atoms with Gasteiger partial charge in [-0.25, -0.2) is 15.0 Å². The molecule has 0 saturated carbocycles. The van der Waals surface area contributed by atoms with Crippen molar-refractivity contribution >= 4 is 0 Å². The van der Waals surface area contributed by atoms with Crippen molar-refractivity contribution < 1.29 is 0 Å². The van der Waals surface area contributed by atoms with Gasteiger partial charge < -0.3 is 0 Å².